The minimum Gasteiger partial charge on any atom is -0.383 e. The van der Waals surface area contributed by atoms with Gasteiger partial charge in [0.1, 0.15) is 0 Å². The van der Waals surface area contributed by atoms with Gasteiger partial charge in [-0.1, -0.05) is 23.9 Å². The highest BCUT2D eigenvalue weighted by molar-refractivity contribution is 8.00. The highest BCUT2D eigenvalue weighted by Crippen LogP contribution is 2.22. The Labute approximate surface area is 155 Å². The van der Waals surface area contributed by atoms with E-state index in [2.05, 4.69) is 15.6 Å². The lowest BCUT2D eigenvalue weighted by molar-refractivity contribution is -0.119. The molecule has 2 N–H and O–H groups in total. The normalized spacial score (nSPS) is 12.0. The molecule has 1 aromatic carbocycles. The van der Waals surface area contributed by atoms with Gasteiger partial charge in [0.25, 0.3) is 5.56 Å². The fourth-order valence-corrected chi connectivity index (χ4v) is 3.18. The number of amides is 3. The zero-order valence-corrected chi connectivity index (χ0v) is 15.8. The van der Waals surface area contributed by atoms with Crippen molar-refractivity contribution in [2.75, 3.05) is 20.3 Å². The van der Waals surface area contributed by atoms with Gasteiger partial charge in [-0.3, -0.25) is 19.5 Å². The van der Waals surface area contributed by atoms with E-state index in [1.807, 2.05) is 0 Å². The summed E-state index contributed by atoms with van der Waals surface area (Å²) in [6.07, 6.45) is 0. The van der Waals surface area contributed by atoms with Crippen molar-refractivity contribution in [3.8, 4) is 0 Å². The molecule has 2 aromatic rings. The van der Waals surface area contributed by atoms with E-state index in [-0.39, 0.29) is 5.56 Å². The van der Waals surface area contributed by atoms with E-state index in [1.165, 1.54) is 4.57 Å². The average molecular weight is 378 g/mol. The van der Waals surface area contributed by atoms with Crippen LogP contribution in [0.2, 0.25) is 0 Å². The van der Waals surface area contributed by atoms with Crippen LogP contribution in [-0.4, -0.2) is 47.0 Å². The fraction of sp³-hybridized carbons (Fsp3) is 0.412. The predicted molar refractivity (Wildman–Crippen MR) is 100 cm³/mol. The Kier molecular flexibility index (Phi) is 7.16. The van der Waals surface area contributed by atoms with Gasteiger partial charge in [0.05, 0.1) is 29.3 Å². The molecule has 2 rings (SSSR count). The Morgan fingerprint density at radius 3 is 2.77 bits per heavy atom. The van der Waals surface area contributed by atoms with Crippen LogP contribution in [0.15, 0.2) is 34.2 Å². The molecule has 0 fully saturated rings. The number of ether oxygens (including phenoxy) is 1. The summed E-state index contributed by atoms with van der Waals surface area (Å²) < 4.78 is 6.56. The number of benzene rings is 1. The van der Waals surface area contributed by atoms with Crippen LogP contribution in [0.25, 0.3) is 10.9 Å². The number of fused-ring (bicyclic) bond motifs is 1. The zero-order valence-electron chi connectivity index (χ0n) is 14.9. The molecular formula is C17H22N4O4S. The largest absolute Gasteiger partial charge is 0.383 e. The molecule has 0 spiro atoms. The number of hydrogen-bond acceptors (Lipinski definition) is 6. The van der Waals surface area contributed by atoms with Crippen LogP contribution in [0, 0.1) is 0 Å². The number of imide groups is 1. The first kappa shape index (κ1) is 19.9. The Bertz CT molecular complexity index is 852. The maximum atomic E-state index is 12.8. The van der Waals surface area contributed by atoms with Gasteiger partial charge in [-0.05, 0) is 26.0 Å². The number of nitrogens with one attached hydrogen (secondary N) is 2. The Morgan fingerprint density at radius 2 is 2.08 bits per heavy atom. The topological polar surface area (TPSA) is 102 Å². The number of para-hydroxylation sites is 1. The van der Waals surface area contributed by atoms with E-state index in [9.17, 15) is 14.4 Å². The highest BCUT2D eigenvalue weighted by atomic mass is 32.2. The van der Waals surface area contributed by atoms with Crippen molar-refractivity contribution < 1.29 is 14.3 Å². The first-order valence-electron chi connectivity index (χ1n) is 8.21. The van der Waals surface area contributed by atoms with Crippen LogP contribution < -0.4 is 16.2 Å². The summed E-state index contributed by atoms with van der Waals surface area (Å²) in [4.78, 5) is 41.0. The van der Waals surface area contributed by atoms with Gasteiger partial charge in [-0.15, -0.1) is 0 Å². The van der Waals surface area contributed by atoms with E-state index in [1.54, 1.807) is 45.2 Å². The van der Waals surface area contributed by atoms with E-state index >= 15 is 0 Å². The van der Waals surface area contributed by atoms with Crippen molar-refractivity contribution in [1.82, 2.24) is 20.2 Å². The van der Waals surface area contributed by atoms with Crippen molar-refractivity contribution in [3.05, 3.63) is 34.6 Å². The van der Waals surface area contributed by atoms with Gasteiger partial charge < -0.3 is 10.1 Å². The molecule has 26 heavy (non-hydrogen) atoms. The molecule has 0 radical (unpaired) electrons. The van der Waals surface area contributed by atoms with Gasteiger partial charge in [-0.2, -0.15) is 0 Å². The van der Waals surface area contributed by atoms with Gasteiger partial charge >= 0.3 is 6.03 Å². The minimum absolute atomic E-state index is 0.188. The molecule has 3 amide bonds. The lowest BCUT2D eigenvalue weighted by atomic mass is 10.2. The van der Waals surface area contributed by atoms with Crippen LogP contribution in [0.5, 0.6) is 0 Å². The highest BCUT2D eigenvalue weighted by Gasteiger charge is 2.20. The molecule has 0 aliphatic rings. The third kappa shape index (κ3) is 4.83. The number of rotatable bonds is 7. The molecule has 9 heteroatoms. The molecule has 1 atom stereocenters. The fourth-order valence-electron chi connectivity index (χ4n) is 2.25. The quantitative estimate of drug-likeness (QED) is 0.557. The number of urea groups is 1. The van der Waals surface area contributed by atoms with E-state index in [0.29, 0.717) is 35.8 Å². The lowest BCUT2D eigenvalue weighted by Gasteiger charge is -2.16. The number of carbonyl (C=O) groups is 2. The molecule has 0 bridgehead atoms. The second-order valence-electron chi connectivity index (χ2n) is 5.47. The molecule has 8 nitrogen and oxygen atoms in total. The van der Waals surface area contributed by atoms with E-state index < -0.39 is 17.2 Å². The summed E-state index contributed by atoms with van der Waals surface area (Å²) in [5.74, 6) is -0.457. The lowest BCUT2D eigenvalue weighted by Crippen LogP contribution is -2.42. The van der Waals surface area contributed by atoms with Crippen molar-refractivity contribution in [2.24, 2.45) is 0 Å². The molecule has 0 aliphatic heterocycles. The first-order valence-corrected chi connectivity index (χ1v) is 9.09. The van der Waals surface area contributed by atoms with Gasteiger partial charge in [-0.25, -0.2) is 9.78 Å². The number of hydrogen-bond donors (Lipinski definition) is 2. The summed E-state index contributed by atoms with van der Waals surface area (Å²) >= 11 is 1.12. The summed E-state index contributed by atoms with van der Waals surface area (Å²) in [7, 11) is 1.55. The van der Waals surface area contributed by atoms with Gasteiger partial charge in [0.2, 0.25) is 5.91 Å². The van der Waals surface area contributed by atoms with Crippen LogP contribution >= 0.6 is 11.8 Å². The monoisotopic (exact) mass is 378 g/mol. The van der Waals surface area contributed by atoms with Gasteiger partial charge in [0.15, 0.2) is 5.16 Å². The van der Waals surface area contributed by atoms with Crippen molar-refractivity contribution in [1.29, 1.82) is 0 Å². The number of carbonyl (C=O) groups excluding carboxylic acids is 2. The first-order chi connectivity index (χ1) is 12.5. The van der Waals surface area contributed by atoms with Crippen LogP contribution in [0.4, 0.5) is 4.79 Å². The van der Waals surface area contributed by atoms with Crippen LogP contribution in [0.3, 0.4) is 0 Å². The molecule has 0 unspecified atom stereocenters. The summed E-state index contributed by atoms with van der Waals surface area (Å²) in [5.41, 5.74) is 0.372. The summed E-state index contributed by atoms with van der Waals surface area (Å²) in [6.45, 7) is 4.49. The third-order valence-corrected chi connectivity index (χ3v) is 4.66. The maximum absolute atomic E-state index is 12.8. The number of nitrogens with zero attached hydrogens (tertiary/aromatic N) is 2. The summed E-state index contributed by atoms with van der Waals surface area (Å²) in [5, 5.41) is 5.07. The zero-order chi connectivity index (χ0) is 19.1. The van der Waals surface area contributed by atoms with Gasteiger partial charge in [0, 0.05) is 13.7 Å². The molecule has 0 aliphatic carbocycles. The van der Waals surface area contributed by atoms with Crippen molar-refractivity contribution in [3.63, 3.8) is 0 Å². The van der Waals surface area contributed by atoms with Crippen molar-refractivity contribution in [2.45, 2.75) is 30.8 Å². The standard InChI is InChI=1S/C17H22N4O4S/c1-4-18-16(24)20-14(22)11(2)26-17-19-13-8-6-5-7-12(13)15(23)21(17)9-10-25-3/h5-8,11H,4,9-10H2,1-3H3,(H2,18,20,22,24)/t11-/m1/s1. The Morgan fingerprint density at radius 1 is 1.35 bits per heavy atom. The smallest absolute Gasteiger partial charge is 0.321 e. The molecule has 1 aromatic heterocycles. The number of aromatic nitrogens is 2. The summed E-state index contributed by atoms with van der Waals surface area (Å²) in [6, 6.07) is 6.50. The minimum atomic E-state index is -0.612. The number of methoxy groups -OCH3 is 1. The second-order valence-corrected chi connectivity index (χ2v) is 6.78. The van der Waals surface area contributed by atoms with Crippen LogP contribution in [-0.2, 0) is 16.1 Å². The maximum Gasteiger partial charge on any atom is 0.321 e. The number of thioether (sulfide) groups is 1. The molecule has 0 saturated carbocycles. The Balaban J connectivity index is 2.30. The van der Waals surface area contributed by atoms with E-state index in [0.717, 1.165) is 11.8 Å². The second kappa shape index (κ2) is 9.35. The predicted octanol–water partition coefficient (Wildman–Crippen LogP) is 1.37. The van der Waals surface area contributed by atoms with E-state index in [4.69, 9.17) is 4.74 Å². The van der Waals surface area contributed by atoms with Crippen LogP contribution in [0.1, 0.15) is 13.8 Å². The molecule has 140 valence electrons. The SMILES string of the molecule is CCNC(=O)NC(=O)[C@@H](C)Sc1nc2ccccc2c(=O)n1CCOC. The average Bonchev–Trinajstić information content (AvgIpc) is 2.61. The molecular weight excluding hydrogens is 356 g/mol. The Hall–Kier alpha value is -2.39. The third-order valence-electron chi connectivity index (χ3n) is 3.57. The molecule has 1 heterocycles. The van der Waals surface area contributed by atoms with Crippen molar-refractivity contribution >= 4 is 34.6 Å². The molecule has 0 saturated heterocycles.